The second-order valence-corrected chi connectivity index (χ2v) is 4.43. The first kappa shape index (κ1) is 12.1. The van der Waals surface area contributed by atoms with E-state index in [9.17, 15) is 4.79 Å². The molecule has 90 valence electrons. The monoisotopic (exact) mass is 238 g/mol. The van der Waals surface area contributed by atoms with Crippen LogP contribution in [0, 0.1) is 32.1 Å². The van der Waals surface area contributed by atoms with E-state index in [1.54, 1.807) is 16.7 Å². The number of rotatable bonds is 1. The first-order chi connectivity index (χ1) is 8.54. The third-order valence-electron chi connectivity index (χ3n) is 2.99. The largest absolute Gasteiger partial charge is 0.280 e. The van der Waals surface area contributed by atoms with Crippen molar-refractivity contribution < 1.29 is 0 Å². The maximum Gasteiger partial charge on any atom is 0.273 e. The molecule has 1 aromatic carbocycles. The van der Waals surface area contributed by atoms with Crippen LogP contribution < -0.4 is 5.56 Å². The van der Waals surface area contributed by atoms with Gasteiger partial charge in [-0.15, -0.1) is 0 Å². The predicted molar refractivity (Wildman–Crippen MR) is 71.0 cm³/mol. The van der Waals surface area contributed by atoms with E-state index < -0.39 is 0 Å². The smallest absolute Gasteiger partial charge is 0.273 e. The third-order valence-corrected chi connectivity index (χ3v) is 2.99. The van der Waals surface area contributed by atoms with Gasteiger partial charge in [-0.1, -0.05) is 17.7 Å². The number of nitriles is 1. The Balaban J connectivity index is 2.79. The van der Waals surface area contributed by atoms with E-state index >= 15 is 0 Å². The number of aryl methyl sites for hydroxylation is 3. The van der Waals surface area contributed by atoms with Gasteiger partial charge in [0.2, 0.25) is 0 Å². The fourth-order valence-corrected chi connectivity index (χ4v) is 2.07. The molecule has 2 rings (SSSR count). The summed E-state index contributed by atoms with van der Waals surface area (Å²) in [6, 6.07) is 11.2. The van der Waals surface area contributed by atoms with Crippen LogP contribution in [0.3, 0.4) is 0 Å². The lowest BCUT2D eigenvalue weighted by Gasteiger charge is -2.13. The molecule has 0 aliphatic carbocycles. The summed E-state index contributed by atoms with van der Waals surface area (Å²) in [7, 11) is 0. The Morgan fingerprint density at radius 1 is 1.11 bits per heavy atom. The number of hydrogen-bond acceptors (Lipinski definition) is 2. The molecule has 0 unspecified atom stereocenters. The minimum Gasteiger partial charge on any atom is -0.280 e. The van der Waals surface area contributed by atoms with E-state index in [-0.39, 0.29) is 11.1 Å². The van der Waals surface area contributed by atoms with Crippen LogP contribution in [-0.2, 0) is 0 Å². The minimum atomic E-state index is -0.260. The highest BCUT2D eigenvalue weighted by molar-refractivity contribution is 5.45. The maximum absolute atomic E-state index is 12.2. The Morgan fingerprint density at radius 2 is 1.83 bits per heavy atom. The molecule has 2 aromatic rings. The molecule has 0 atom stereocenters. The molecule has 0 aliphatic heterocycles. The molecule has 1 aromatic heterocycles. The topological polar surface area (TPSA) is 45.8 Å². The lowest BCUT2D eigenvalue weighted by atomic mass is 10.1. The lowest BCUT2D eigenvalue weighted by Crippen LogP contribution is -2.23. The van der Waals surface area contributed by atoms with E-state index in [2.05, 4.69) is 0 Å². The van der Waals surface area contributed by atoms with Crippen LogP contribution in [0.2, 0.25) is 0 Å². The van der Waals surface area contributed by atoms with Gasteiger partial charge in [0.05, 0.1) is 5.69 Å². The first-order valence-corrected chi connectivity index (χ1v) is 5.75. The fourth-order valence-electron chi connectivity index (χ4n) is 2.07. The van der Waals surface area contributed by atoms with Gasteiger partial charge in [0.25, 0.3) is 5.56 Å². The molecular formula is C15H14N2O. The molecule has 0 spiro atoms. The fraction of sp³-hybridized carbons (Fsp3) is 0.200. The van der Waals surface area contributed by atoms with Gasteiger partial charge in [0.1, 0.15) is 11.6 Å². The summed E-state index contributed by atoms with van der Waals surface area (Å²) in [5.74, 6) is 0. The van der Waals surface area contributed by atoms with Gasteiger partial charge in [-0.05, 0) is 44.5 Å². The standard InChI is InChI=1S/C15H14N2O/c1-10-4-7-14(11(2)8-10)17-12(3)5-6-13(9-16)15(17)18/h4-8H,1-3H3. The molecule has 0 fully saturated rings. The SMILES string of the molecule is Cc1ccc(-n2c(C)ccc(C#N)c2=O)c(C)c1. The summed E-state index contributed by atoms with van der Waals surface area (Å²) in [6.45, 7) is 5.84. The predicted octanol–water partition coefficient (Wildman–Crippen LogP) is 2.63. The molecule has 0 N–H and O–H groups in total. The van der Waals surface area contributed by atoms with E-state index in [1.165, 1.54) is 0 Å². The van der Waals surface area contributed by atoms with Gasteiger partial charge in [0, 0.05) is 5.69 Å². The van der Waals surface area contributed by atoms with Gasteiger partial charge in [-0.25, -0.2) is 0 Å². The van der Waals surface area contributed by atoms with Crippen molar-refractivity contribution in [3.8, 4) is 11.8 Å². The molecule has 3 heteroatoms. The maximum atomic E-state index is 12.2. The van der Waals surface area contributed by atoms with Crippen molar-refractivity contribution in [3.63, 3.8) is 0 Å². The van der Waals surface area contributed by atoms with E-state index in [4.69, 9.17) is 5.26 Å². The highest BCUT2D eigenvalue weighted by atomic mass is 16.1. The van der Waals surface area contributed by atoms with E-state index in [0.29, 0.717) is 0 Å². The molecule has 0 saturated carbocycles. The lowest BCUT2D eigenvalue weighted by molar-refractivity contribution is 0.918. The van der Waals surface area contributed by atoms with Crippen LogP contribution in [0.15, 0.2) is 35.1 Å². The summed E-state index contributed by atoms with van der Waals surface area (Å²) < 4.78 is 1.59. The molecule has 3 nitrogen and oxygen atoms in total. The Bertz CT molecular complexity index is 705. The summed E-state index contributed by atoms with van der Waals surface area (Å²) in [5, 5.41) is 8.93. The number of pyridine rings is 1. The van der Waals surface area contributed by atoms with E-state index in [0.717, 1.165) is 22.5 Å². The van der Waals surface area contributed by atoms with Crippen LogP contribution in [0.4, 0.5) is 0 Å². The number of hydrogen-bond donors (Lipinski definition) is 0. The molecular weight excluding hydrogens is 224 g/mol. The quantitative estimate of drug-likeness (QED) is 0.766. The summed E-state index contributed by atoms with van der Waals surface area (Å²) in [4.78, 5) is 12.2. The van der Waals surface area contributed by atoms with Crippen molar-refractivity contribution in [1.82, 2.24) is 4.57 Å². The van der Waals surface area contributed by atoms with Crippen molar-refractivity contribution in [1.29, 1.82) is 5.26 Å². The summed E-state index contributed by atoms with van der Waals surface area (Å²) in [6.07, 6.45) is 0. The highest BCUT2D eigenvalue weighted by Gasteiger charge is 2.09. The summed E-state index contributed by atoms with van der Waals surface area (Å²) >= 11 is 0. The van der Waals surface area contributed by atoms with Crippen molar-refractivity contribution in [2.75, 3.05) is 0 Å². The Kier molecular flexibility index (Phi) is 3.03. The number of aromatic nitrogens is 1. The Labute approximate surface area is 106 Å². The minimum absolute atomic E-state index is 0.167. The van der Waals surface area contributed by atoms with Crippen molar-refractivity contribution in [2.45, 2.75) is 20.8 Å². The van der Waals surface area contributed by atoms with Crippen LogP contribution in [0.25, 0.3) is 5.69 Å². The van der Waals surface area contributed by atoms with Crippen molar-refractivity contribution >= 4 is 0 Å². The van der Waals surface area contributed by atoms with Gasteiger partial charge < -0.3 is 0 Å². The normalized spacial score (nSPS) is 10.1. The van der Waals surface area contributed by atoms with Gasteiger partial charge in [0.15, 0.2) is 0 Å². The zero-order valence-corrected chi connectivity index (χ0v) is 10.7. The van der Waals surface area contributed by atoms with Gasteiger partial charge >= 0.3 is 0 Å². The van der Waals surface area contributed by atoms with Crippen LogP contribution >= 0.6 is 0 Å². The van der Waals surface area contributed by atoms with Gasteiger partial charge in [-0.2, -0.15) is 5.26 Å². The zero-order valence-electron chi connectivity index (χ0n) is 10.7. The zero-order chi connectivity index (χ0) is 13.3. The van der Waals surface area contributed by atoms with Crippen LogP contribution in [0.5, 0.6) is 0 Å². The van der Waals surface area contributed by atoms with Gasteiger partial charge in [-0.3, -0.25) is 9.36 Å². The molecule has 0 bridgehead atoms. The van der Waals surface area contributed by atoms with Crippen LogP contribution in [-0.4, -0.2) is 4.57 Å². The molecule has 0 aliphatic rings. The molecule has 0 saturated heterocycles. The molecule has 1 heterocycles. The summed E-state index contributed by atoms with van der Waals surface area (Å²) in [5.41, 5.74) is 3.74. The third kappa shape index (κ3) is 1.93. The molecule has 0 radical (unpaired) electrons. The van der Waals surface area contributed by atoms with Crippen molar-refractivity contribution in [2.24, 2.45) is 0 Å². The first-order valence-electron chi connectivity index (χ1n) is 5.75. The second-order valence-electron chi connectivity index (χ2n) is 4.43. The second kappa shape index (κ2) is 4.50. The molecule has 0 amide bonds. The molecule has 18 heavy (non-hydrogen) atoms. The highest BCUT2D eigenvalue weighted by Crippen LogP contribution is 2.16. The van der Waals surface area contributed by atoms with E-state index in [1.807, 2.05) is 45.0 Å². The average Bonchev–Trinajstić information content (AvgIpc) is 2.32. The number of nitrogens with zero attached hydrogens (tertiary/aromatic N) is 2. The Hall–Kier alpha value is -2.34. The van der Waals surface area contributed by atoms with Crippen LogP contribution in [0.1, 0.15) is 22.4 Å². The number of benzene rings is 1. The average molecular weight is 238 g/mol. The Morgan fingerprint density at radius 3 is 2.44 bits per heavy atom. The van der Waals surface area contributed by atoms with Crippen molar-refractivity contribution in [3.05, 3.63) is 63.1 Å².